The summed E-state index contributed by atoms with van der Waals surface area (Å²) in [6, 6.07) is 0. The van der Waals surface area contributed by atoms with Crippen LogP contribution in [0.1, 0.15) is 11.8 Å². The van der Waals surface area contributed by atoms with Gasteiger partial charge < -0.3 is 10.3 Å². The molecule has 1 rings (SSSR count). The molecule has 5 nitrogen and oxygen atoms in total. The predicted molar refractivity (Wildman–Crippen MR) is 36.8 cm³/mol. The van der Waals surface area contributed by atoms with Gasteiger partial charge in [-0.2, -0.15) is 0 Å². The Bertz CT molecular complexity index is 204. The SMILES string of the molecule is ONCC(O)c1cnccn1. The largest absolute Gasteiger partial charge is 0.385 e. The van der Waals surface area contributed by atoms with Crippen LogP contribution >= 0.6 is 0 Å². The highest BCUT2D eigenvalue weighted by molar-refractivity contribution is 4.99. The van der Waals surface area contributed by atoms with Crippen molar-refractivity contribution in [2.75, 3.05) is 6.54 Å². The Kier molecular flexibility index (Phi) is 2.91. The number of hydrogen-bond acceptors (Lipinski definition) is 5. The number of aliphatic hydroxyl groups is 1. The quantitative estimate of drug-likeness (QED) is 0.512. The van der Waals surface area contributed by atoms with Crippen LogP contribution in [-0.2, 0) is 0 Å². The third-order valence-corrected chi connectivity index (χ3v) is 1.21. The van der Waals surface area contributed by atoms with Gasteiger partial charge in [-0.05, 0) is 0 Å². The highest BCUT2D eigenvalue weighted by Crippen LogP contribution is 2.04. The lowest BCUT2D eigenvalue weighted by atomic mass is 10.3. The molecule has 1 aromatic heterocycles. The fourth-order valence-electron chi connectivity index (χ4n) is 0.674. The van der Waals surface area contributed by atoms with Gasteiger partial charge >= 0.3 is 0 Å². The molecule has 1 aromatic rings. The normalized spacial score (nSPS) is 12.9. The molecule has 0 fully saturated rings. The lowest BCUT2D eigenvalue weighted by Crippen LogP contribution is -2.18. The summed E-state index contributed by atoms with van der Waals surface area (Å²) in [6.07, 6.45) is 3.63. The van der Waals surface area contributed by atoms with E-state index in [4.69, 9.17) is 5.21 Å². The minimum atomic E-state index is -0.811. The summed E-state index contributed by atoms with van der Waals surface area (Å²) in [5.41, 5.74) is 2.29. The first kappa shape index (κ1) is 8.06. The van der Waals surface area contributed by atoms with E-state index in [0.717, 1.165) is 0 Å². The second-order valence-electron chi connectivity index (χ2n) is 2.01. The Balaban J connectivity index is 2.61. The van der Waals surface area contributed by atoms with Gasteiger partial charge in [0.05, 0.1) is 18.4 Å². The van der Waals surface area contributed by atoms with Crippen molar-refractivity contribution < 1.29 is 10.3 Å². The first-order chi connectivity index (χ1) is 5.34. The molecule has 1 atom stereocenters. The first-order valence-electron chi connectivity index (χ1n) is 3.15. The van der Waals surface area contributed by atoms with Gasteiger partial charge in [0, 0.05) is 12.4 Å². The maximum absolute atomic E-state index is 9.20. The summed E-state index contributed by atoms with van der Waals surface area (Å²) >= 11 is 0. The number of nitrogens with zero attached hydrogens (tertiary/aromatic N) is 2. The van der Waals surface area contributed by atoms with Crippen molar-refractivity contribution in [1.82, 2.24) is 15.4 Å². The summed E-state index contributed by atoms with van der Waals surface area (Å²) in [5, 5.41) is 17.4. The Hall–Kier alpha value is -1.04. The summed E-state index contributed by atoms with van der Waals surface area (Å²) in [7, 11) is 0. The third-order valence-electron chi connectivity index (χ3n) is 1.21. The number of rotatable bonds is 3. The molecular formula is C6H9N3O2. The molecule has 0 radical (unpaired) electrons. The summed E-state index contributed by atoms with van der Waals surface area (Å²) in [6.45, 7) is 0.0543. The van der Waals surface area contributed by atoms with Gasteiger partial charge in [0.25, 0.3) is 0 Å². The molecule has 5 heteroatoms. The molecule has 0 saturated heterocycles. The monoisotopic (exact) mass is 155 g/mol. The lowest BCUT2D eigenvalue weighted by Gasteiger charge is -2.06. The molecule has 1 heterocycles. The van der Waals surface area contributed by atoms with E-state index in [1.54, 1.807) is 0 Å². The number of hydrogen-bond donors (Lipinski definition) is 3. The molecule has 0 spiro atoms. The van der Waals surface area contributed by atoms with E-state index in [0.29, 0.717) is 5.69 Å². The van der Waals surface area contributed by atoms with E-state index in [2.05, 4.69) is 9.97 Å². The number of aliphatic hydroxyl groups excluding tert-OH is 1. The fraction of sp³-hybridized carbons (Fsp3) is 0.333. The maximum Gasteiger partial charge on any atom is 0.112 e. The Morgan fingerprint density at radius 2 is 2.36 bits per heavy atom. The van der Waals surface area contributed by atoms with E-state index in [-0.39, 0.29) is 6.54 Å². The van der Waals surface area contributed by atoms with Crippen molar-refractivity contribution in [3.05, 3.63) is 24.3 Å². The highest BCUT2D eigenvalue weighted by Gasteiger charge is 2.06. The zero-order chi connectivity index (χ0) is 8.10. The van der Waals surface area contributed by atoms with Crippen molar-refractivity contribution in [3.63, 3.8) is 0 Å². The van der Waals surface area contributed by atoms with Crippen LogP contribution in [0.4, 0.5) is 0 Å². The van der Waals surface area contributed by atoms with E-state index in [1.807, 2.05) is 5.48 Å². The van der Waals surface area contributed by atoms with Gasteiger partial charge in [-0.15, -0.1) is 0 Å². The van der Waals surface area contributed by atoms with Crippen molar-refractivity contribution in [3.8, 4) is 0 Å². The van der Waals surface area contributed by atoms with Gasteiger partial charge in [-0.1, -0.05) is 0 Å². The zero-order valence-corrected chi connectivity index (χ0v) is 5.81. The predicted octanol–water partition coefficient (Wildman–Crippen LogP) is -0.511. The Morgan fingerprint density at radius 3 is 2.91 bits per heavy atom. The molecule has 3 N–H and O–H groups in total. The van der Waals surface area contributed by atoms with Crippen molar-refractivity contribution in [2.45, 2.75) is 6.10 Å². The minimum absolute atomic E-state index is 0.0543. The molecule has 0 aliphatic carbocycles. The molecule has 0 amide bonds. The third kappa shape index (κ3) is 2.23. The molecule has 0 aromatic carbocycles. The Morgan fingerprint density at radius 1 is 1.55 bits per heavy atom. The van der Waals surface area contributed by atoms with Crippen LogP contribution in [0.5, 0.6) is 0 Å². The molecule has 0 bridgehead atoms. The van der Waals surface area contributed by atoms with E-state index in [1.165, 1.54) is 18.6 Å². The topological polar surface area (TPSA) is 78.3 Å². The van der Waals surface area contributed by atoms with Crippen LogP contribution in [0, 0.1) is 0 Å². The van der Waals surface area contributed by atoms with Gasteiger partial charge in [0.1, 0.15) is 6.10 Å². The summed E-state index contributed by atoms with van der Waals surface area (Å²) < 4.78 is 0. The molecule has 0 aliphatic rings. The molecule has 0 saturated carbocycles. The molecular weight excluding hydrogens is 146 g/mol. The smallest absolute Gasteiger partial charge is 0.112 e. The van der Waals surface area contributed by atoms with E-state index >= 15 is 0 Å². The lowest BCUT2D eigenvalue weighted by molar-refractivity contribution is 0.0896. The van der Waals surface area contributed by atoms with E-state index in [9.17, 15) is 5.11 Å². The van der Waals surface area contributed by atoms with Gasteiger partial charge in [-0.3, -0.25) is 9.97 Å². The average molecular weight is 155 g/mol. The molecule has 60 valence electrons. The molecule has 11 heavy (non-hydrogen) atoms. The number of hydroxylamine groups is 1. The van der Waals surface area contributed by atoms with Crippen molar-refractivity contribution in [1.29, 1.82) is 0 Å². The standard InChI is InChI=1S/C6H9N3O2/c10-6(4-9-11)5-3-7-1-2-8-5/h1-3,6,9-11H,4H2. The Labute approximate surface area is 63.7 Å². The maximum atomic E-state index is 9.20. The average Bonchev–Trinajstić information content (AvgIpc) is 2.07. The van der Waals surface area contributed by atoms with Crippen LogP contribution in [0.3, 0.4) is 0 Å². The second kappa shape index (κ2) is 3.97. The zero-order valence-electron chi connectivity index (χ0n) is 5.81. The summed E-state index contributed by atoms with van der Waals surface area (Å²) in [5.74, 6) is 0. The van der Waals surface area contributed by atoms with Gasteiger partial charge in [-0.25, -0.2) is 5.48 Å². The number of aromatic nitrogens is 2. The van der Waals surface area contributed by atoms with E-state index < -0.39 is 6.10 Å². The van der Waals surface area contributed by atoms with Crippen LogP contribution < -0.4 is 5.48 Å². The van der Waals surface area contributed by atoms with Crippen LogP contribution in [-0.4, -0.2) is 26.8 Å². The minimum Gasteiger partial charge on any atom is -0.385 e. The molecule has 1 unspecified atom stereocenters. The van der Waals surface area contributed by atoms with Crippen LogP contribution in [0.25, 0.3) is 0 Å². The second-order valence-corrected chi connectivity index (χ2v) is 2.01. The first-order valence-corrected chi connectivity index (χ1v) is 3.15. The van der Waals surface area contributed by atoms with Crippen molar-refractivity contribution in [2.24, 2.45) is 0 Å². The number of nitrogens with one attached hydrogen (secondary N) is 1. The van der Waals surface area contributed by atoms with Crippen LogP contribution in [0.2, 0.25) is 0 Å². The fourth-order valence-corrected chi connectivity index (χ4v) is 0.674. The molecule has 0 aliphatic heterocycles. The van der Waals surface area contributed by atoms with Crippen LogP contribution in [0.15, 0.2) is 18.6 Å². The van der Waals surface area contributed by atoms with Gasteiger partial charge in [0.2, 0.25) is 0 Å². The summed E-state index contributed by atoms with van der Waals surface area (Å²) in [4.78, 5) is 7.59. The van der Waals surface area contributed by atoms with Crippen molar-refractivity contribution >= 4 is 0 Å². The van der Waals surface area contributed by atoms with Gasteiger partial charge in [0.15, 0.2) is 0 Å². The highest BCUT2D eigenvalue weighted by atomic mass is 16.5.